The number of carbonyl (C=O) groups excluding carboxylic acids is 2. The topological polar surface area (TPSA) is 87.2 Å². The fourth-order valence-corrected chi connectivity index (χ4v) is 5.16. The Hall–Kier alpha value is -4.47. The lowest BCUT2D eigenvalue weighted by Crippen LogP contribution is -2.47. The second kappa shape index (κ2) is 15.8. The Kier molecular flexibility index (Phi) is 11.2. The van der Waals surface area contributed by atoms with Crippen LogP contribution in [-0.4, -0.2) is 84.2 Å². The van der Waals surface area contributed by atoms with Crippen LogP contribution >= 0.6 is 0 Å². The van der Waals surface area contributed by atoms with Crippen molar-refractivity contribution in [3.63, 3.8) is 0 Å². The van der Waals surface area contributed by atoms with E-state index in [1.54, 1.807) is 9.80 Å². The number of amides is 2. The smallest absolute Gasteiger partial charge is 0.410 e. The number of nitrogens with zero attached hydrogens (tertiary/aromatic N) is 4. The monoisotopic (exact) mass is 595 g/mol. The number of hydrogen-bond donors (Lipinski definition) is 1. The van der Waals surface area contributed by atoms with Gasteiger partial charge in [-0.3, -0.25) is 9.88 Å². The van der Waals surface area contributed by atoms with Gasteiger partial charge in [0.1, 0.15) is 13.2 Å². The highest BCUT2D eigenvalue weighted by molar-refractivity contribution is 5.79. The minimum atomic E-state index is -0.335. The van der Waals surface area contributed by atoms with E-state index in [0.29, 0.717) is 58.9 Å². The molecular weight excluding hydrogens is 554 g/mol. The summed E-state index contributed by atoms with van der Waals surface area (Å²) in [5.41, 5.74) is 4.99. The number of pyridine rings is 1. The molecule has 0 atom stereocenters. The van der Waals surface area contributed by atoms with E-state index in [-0.39, 0.29) is 25.4 Å². The van der Waals surface area contributed by atoms with Gasteiger partial charge in [-0.1, -0.05) is 78.4 Å². The molecule has 2 heterocycles. The van der Waals surface area contributed by atoms with E-state index >= 15 is 0 Å². The molecule has 1 aliphatic heterocycles. The van der Waals surface area contributed by atoms with Gasteiger partial charge in [0.15, 0.2) is 0 Å². The molecule has 0 saturated carbocycles. The molecule has 4 aromatic rings. The fraction of sp³-hybridized carbons (Fsp3) is 0.343. The lowest BCUT2D eigenvalue weighted by Gasteiger charge is -2.31. The molecule has 230 valence electrons. The van der Waals surface area contributed by atoms with E-state index in [2.05, 4.69) is 41.4 Å². The van der Waals surface area contributed by atoms with Crippen molar-refractivity contribution in [1.82, 2.24) is 25.0 Å². The number of aromatic nitrogens is 1. The van der Waals surface area contributed by atoms with E-state index in [4.69, 9.17) is 14.5 Å². The molecule has 0 radical (unpaired) electrons. The predicted molar refractivity (Wildman–Crippen MR) is 171 cm³/mol. The Morgan fingerprint density at radius 1 is 0.705 bits per heavy atom. The standard InChI is InChI=1S/C35H41N5O4/c1-28-12-15-33-31(24-28)13-14-32(37-33)25-38-20-22-39(34(41)43-26-29-8-4-2-5-9-29)18-16-36-17-19-40(23-21-38)35(42)44-27-30-10-6-3-7-11-30/h2-15,24,36H,16-23,25-27H2,1H3. The van der Waals surface area contributed by atoms with Gasteiger partial charge in [0, 0.05) is 64.3 Å². The molecule has 1 aromatic heterocycles. The summed E-state index contributed by atoms with van der Waals surface area (Å²) in [6, 6.07) is 29.8. The normalized spacial score (nSPS) is 15.3. The SMILES string of the molecule is Cc1ccc2nc(CN3CCN(C(=O)OCc4ccccc4)CCNCCN(C(=O)OCc4ccccc4)CC3)ccc2c1. The van der Waals surface area contributed by atoms with Crippen LogP contribution in [0.1, 0.15) is 22.4 Å². The molecule has 0 spiro atoms. The van der Waals surface area contributed by atoms with Crippen LogP contribution in [0, 0.1) is 6.92 Å². The number of ether oxygens (including phenoxy) is 2. The average Bonchev–Trinajstić information content (AvgIpc) is 3.05. The molecule has 1 fully saturated rings. The van der Waals surface area contributed by atoms with Crippen molar-refractivity contribution in [2.24, 2.45) is 0 Å². The highest BCUT2D eigenvalue weighted by Gasteiger charge is 2.21. The summed E-state index contributed by atoms with van der Waals surface area (Å²) in [5.74, 6) is 0. The van der Waals surface area contributed by atoms with Crippen molar-refractivity contribution < 1.29 is 19.1 Å². The average molecular weight is 596 g/mol. The van der Waals surface area contributed by atoms with Crippen LogP contribution < -0.4 is 5.32 Å². The third kappa shape index (κ3) is 9.26. The summed E-state index contributed by atoms with van der Waals surface area (Å²) in [5, 5.41) is 4.48. The lowest BCUT2D eigenvalue weighted by atomic mass is 10.1. The first-order valence-electron chi connectivity index (χ1n) is 15.2. The Morgan fingerprint density at radius 3 is 1.84 bits per heavy atom. The molecule has 5 rings (SSSR count). The van der Waals surface area contributed by atoms with Gasteiger partial charge in [0.2, 0.25) is 0 Å². The van der Waals surface area contributed by atoms with E-state index in [1.807, 2.05) is 66.7 Å². The maximum absolute atomic E-state index is 13.1. The fourth-order valence-electron chi connectivity index (χ4n) is 5.16. The number of fused-ring (bicyclic) bond motifs is 1. The molecule has 9 nitrogen and oxygen atoms in total. The van der Waals surface area contributed by atoms with Gasteiger partial charge in [0.25, 0.3) is 0 Å². The van der Waals surface area contributed by atoms with Crippen LogP contribution in [0.15, 0.2) is 91.0 Å². The van der Waals surface area contributed by atoms with Crippen LogP contribution in [0.25, 0.3) is 10.9 Å². The molecule has 1 saturated heterocycles. The van der Waals surface area contributed by atoms with Crippen molar-refractivity contribution in [3.8, 4) is 0 Å². The third-order valence-corrected chi connectivity index (χ3v) is 7.70. The highest BCUT2D eigenvalue weighted by Crippen LogP contribution is 2.16. The molecule has 1 N–H and O–H groups in total. The van der Waals surface area contributed by atoms with Crippen molar-refractivity contribution in [2.45, 2.75) is 26.7 Å². The molecule has 1 aliphatic rings. The Labute approximate surface area is 259 Å². The number of nitrogens with one attached hydrogen (secondary N) is 1. The summed E-state index contributed by atoms with van der Waals surface area (Å²) in [4.78, 5) is 36.9. The number of rotatable bonds is 6. The van der Waals surface area contributed by atoms with Crippen LogP contribution in [0.3, 0.4) is 0 Å². The van der Waals surface area contributed by atoms with E-state index in [1.165, 1.54) is 5.56 Å². The number of carbonyl (C=O) groups is 2. The second-order valence-electron chi connectivity index (χ2n) is 11.1. The van der Waals surface area contributed by atoms with Crippen LogP contribution in [0.4, 0.5) is 9.59 Å². The van der Waals surface area contributed by atoms with Crippen LogP contribution in [0.2, 0.25) is 0 Å². The predicted octanol–water partition coefficient (Wildman–Crippen LogP) is 5.23. The molecule has 3 aromatic carbocycles. The summed E-state index contributed by atoms with van der Waals surface area (Å²) in [6.07, 6.45) is -0.670. The Bertz CT molecular complexity index is 1430. The lowest BCUT2D eigenvalue weighted by molar-refractivity contribution is 0.0814. The first-order chi connectivity index (χ1) is 21.5. The van der Waals surface area contributed by atoms with Crippen molar-refractivity contribution in [2.75, 3.05) is 52.4 Å². The summed E-state index contributed by atoms with van der Waals surface area (Å²) < 4.78 is 11.3. The zero-order valence-electron chi connectivity index (χ0n) is 25.4. The van der Waals surface area contributed by atoms with Gasteiger partial charge in [-0.15, -0.1) is 0 Å². The second-order valence-corrected chi connectivity index (χ2v) is 11.1. The maximum atomic E-state index is 13.1. The van der Waals surface area contributed by atoms with E-state index in [0.717, 1.165) is 27.7 Å². The van der Waals surface area contributed by atoms with Crippen molar-refractivity contribution >= 4 is 23.1 Å². The van der Waals surface area contributed by atoms with Crippen molar-refractivity contribution in [3.05, 3.63) is 113 Å². The molecule has 0 bridgehead atoms. The summed E-state index contributed by atoms with van der Waals surface area (Å²) >= 11 is 0. The van der Waals surface area contributed by atoms with Crippen molar-refractivity contribution in [1.29, 1.82) is 0 Å². The Morgan fingerprint density at radius 2 is 1.27 bits per heavy atom. The van der Waals surface area contributed by atoms with Gasteiger partial charge in [-0.05, 0) is 36.2 Å². The maximum Gasteiger partial charge on any atom is 0.410 e. The van der Waals surface area contributed by atoms with Gasteiger partial charge in [-0.2, -0.15) is 0 Å². The summed E-state index contributed by atoms with van der Waals surface area (Å²) in [7, 11) is 0. The number of hydrogen-bond acceptors (Lipinski definition) is 7. The van der Waals surface area contributed by atoms with Crippen LogP contribution in [-0.2, 0) is 29.2 Å². The first kappa shape index (κ1) is 31.0. The zero-order chi connectivity index (χ0) is 30.6. The third-order valence-electron chi connectivity index (χ3n) is 7.70. The minimum absolute atomic E-state index is 0.230. The van der Waals surface area contributed by atoms with Crippen LogP contribution in [0.5, 0.6) is 0 Å². The van der Waals surface area contributed by atoms with Gasteiger partial charge >= 0.3 is 12.2 Å². The molecular formula is C35H41N5O4. The largest absolute Gasteiger partial charge is 0.445 e. The Balaban J connectivity index is 1.27. The molecule has 0 unspecified atom stereocenters. The van der Waals surface area contributed by atoms with Gasteiger partial charge < -0.3 is 24.6 Å². The minimum Gasteiger partial charge on any atom is -0.445 e. The van der Waals surface area contributed by atoms with E-state index < -0.39 is 0 Å². The first-order valence-corrected chi connectivity index (χ1v) is 15.2. The highest BCUT2D eigenvalue weighted by atomic mass is 16.6. The summed E-state index contributed by atoms with van der Waals surface area (Å²) in [6.45, 7) is 7.44. The molecule has 0 aliphatic carbocycles. The van der Waals surface area contributed by atoms with Gasteiger partial charge in [-0.25, -0.2) is 9.59 Å². The molecule has 44 heavy (non-hydrogen) atoms. The molecule has 2 amide bonds. The quantitative estimate of drug-likeness (QED) is 0.327. The zero-order valence-corrected chi connectivity index (χ0v) is 25.4. The molecule has 9 heteroatoms. The van der Waals surface area contributed by atoms with E-state index in [9.17, 15) is 9.59 Å². The number of aryl methyl sites for hydroxylation is 1. The van der Waals surface area contributed by atoms with Gasteiger partial charge in [0.05, 0.1) is 11.2 Å². The number of benzene rings is 3.